The van der Waals surface area contributed by atoms with Gasteiger partial charge in [0.15, 0.2) is 11.3 Å². The van der Waals surface area contributed by atoms with Gasteiger partial charge in [-0.15, -0.1) is 0 Å². The Kier molecular flexibility index (Phi) is 2.69. The summed E-state index contributed by atoms with van der Waals surface area (Å²) in [6.45, 7) is 0. The van der Waals surface area contributed by atoms with E-state index in [1.54, 1.807) is 6.20 Å². The van der Waals surface area contributed by atoms with Gasteiger partial charge in [0, 0.05) is 17.6 Å². The Bertz CT molecular complexity index is 1050. The van der Waals surface area contributed by atoms with Crippen molar-refractivity contribution in [1.29, 1.82) is 0 Å². The number of hydrogen-bond acceptors (Lipinski definition) is 7. The fourth-order valence-corrected chi connectivity index (χ4v) is 3.43. The number of aromatic nitrogens is 7. The predicted octanol–water partition coefficient (Wildman–Crippen LogP) is 1.18. The molecule has 0 aliphatic heterocycles. The fourth-order valence-electron chi connectivity index (χ4n) is 3.43. The molecular formula is C15H15N9. The number of rotatable bonds is 2. The van der Waals surface area contributed by atoms with Gasteiger partial charge in [0.1, 0.15) is 5.82 Å². The number of anilines is 2. The number of nitrogens with two attached hydrogens (primary N) is 1. The number of aromatic amines is 2. The van der Waals surface area contributed by atoms with E-state index in [9.17, 15) is 0 Å². The van der Waals surface area contributed by atoms with Crippen molar-refractivity contribution in [1.82, 2.24) is 35.3 Å². The third-order valence-corrected chi connectivity index (χ3v) is 4.56. The molecule has 9 heteroatoms. The van der Waals surface area contributed by atoms with Gasteiger partial charge in [-0.3, -0.25) is 10.2 Å². The number of nitrogen functional groups attached to an aromatic ring is 1. The zero-order chi connectivity index (χ0) is 16.1. The maximum Gasteiger partial charge on any atom is 0.224 e. The third-order valence-electron chi connectivity index (χ3n) is 4.56. The van der Waals surface area contributed by atoms with Gasteiger partial charge >= 0.3 is 0 Å². The second-order valence-electron chi connectivity index (χ2n) is 6.04. The maximum atomic E-state index is 5.79. The van der Waals surface area contributed by atoms with E-state index in [4.69, 9.17) is 5.73 Å². The summed E-state index contributed by atoms with van der Waals surface area (Å²) >= 11 is 0. The Morgan fingerprint density at radius 2 is 1.88 bits per heavy atom. The second-order valence-corrected chi connectivity index (χ2v) is 6.04. The van der Waals surface area contributed by atoms with Crippen molar-refractivity contribution < 1.29 is 0 Å². The summed E-state index contributed by atoms with van der Waals surface area (Å²) in [6.07, 6.45) is 8.36. The van der Waals surface area contributed by atoms with Gasteiger partial charge in [0.2, 0.25) is 5.95 Å². The Morgan fingerprint density at radius 1 is 1.04 bits per heavy atom. The van der Waals surface area contributed by atoms with Crippen LogP contribution in [-0.4, -0.2) is 41.4 Å². The van der Waals surface area contributed by atoms with Gasteiger partial charge in [-0.2, -0.15) is 20.2 Å². The lowest BCUT2D eigenvalue weighted by Crippen LogP contribution is -2.28. The number of H-pyrrole nitrogens is 2. The molecule has 0 saturated heterocycles. The summed E-state index contributed by atoms with van der Waals surface area (Å²) in [5.74, 6) is 0.948. The highest BCUT2D eigenvalue weighted by Gasteiger charge is 2.22. The minimum Gasteiger partial charge on any atom is -0.368 e. The molecule has 0 fully saturated rings. The van der Waals surface area contributed by atoms with Gasteiger partial charge in [-0.1, -0.05) is 0 Å². The zero-order valence-electron chi connectivity index (χ0n) is 12.7. The first-order chi connectivity index (χ1) is 11.8. The van der Waals surface area contributed by atoms with E-state index in [-0.39, 0.29) is 12.0 Å². The molecule has 4 aromatic rings. The summed E-state index contributed by atoms with van der Waals surface area (Å²) in [7, 11) is 0. The van der Waals surface area contributed by atoms with Crippen molar-refractivity contribution in [2.24, 2.45) is 0 Å². The molecule has 0 spiro atoms. The molecule has 0 saturated carbocycles. The van der Waals surface area contributed by atoms with Crippen LogP contribution in [0.3, 0.4) is 0 Å². The van der Waals surface area contributed by atoms with Crippen molar-refractivity contribution in [3.63, 3.8) is 0 Å². The molecule has 120 valence electrons. The van der Waals surface area contributed by atoms with Crippen LogP contribution in [0.4, 0.5) is 11.8 Å². The molecule has 1 aliphatic carbocycles. The molecule has 1 unspecified atom stereocenters. The van der Waals surface area contributed by atoms with E-state index in [0.717, 1.165) is 41.5 Å². The van der Waals surface area contributed by atoms with E-state index in [0.29, 0.717) is 5.65 Å². The van der Waals surface area contributed by atoms with Crippen molar-refractivity contribution in [2.45, 2.75) is 25.3 Å². The normalized spacial score (nSPS) is 17.2. The molecule has 1 atom stereocenters. The number of nitrogens with zero attached hydrogens (tertiary/aromatic N) is 5. The number of fused-ring (bicyclic) bond motifs is 4. The molecule has 4 heterocycles. The number of hydrogen-bond donors (Lipinski definition) is 4. The average molecular weight is 321 g/mol. The minimum absolute atomic E-state index is 0.229. The lowest BCUT2D eigenvalue weighted by Gasteiger charge is -2.26. The van der Waals surface area contributed by atoms with Crippen LogP contribution in [0.5, 0.6) is 0 Å². The van der Waals surface area contributed by atoms with E-state index in [1.165, 1.54) is 11.1 Å². The molecule has 0 bridgehead atoms. The van der Waals surface area contributed by atoms with E-state index >= 15 is 0 Å². The van der Waals surface area contributed by atoms with Gasteiger partial charge in [-0.05, 0) is 30.4 Å². The molecule has 1 aliphatic rings. The smallest absolute Gasteiger partial charge is 0.224 e. The van der Waals surface area contributed by atoms with E-state index in [2.05, 4.69) is 40.7 Å². The Morgan fingerprint density at radius 3 is 2.79 bits per heavy atom. The second kappa shape index (κ2) is 4.88. The van der Waals surface area contributed by atoms with Crippen molar-refractivity contribution >= 4 is 33.8 Å². The first-order valence-electron chi connectivity index (χ1n) is 7.81. The van der Waals surface area contributed by atoms with Crippen molar-refractivity contribution in [3.8, 4) is 0 Å². The van der Waals surface area contributed by atoms with Gasteiger partial charge < -0.3 is 11.1 Å². The van der Waals surface area contributed by atoms with Crippen LogP contribution in [-0.2, 0) is 12.8 Å². The minimum atomic E-state index is 0.229. The highest BCUT2D eigenvalue weighted by Crippen LogP contribution is 2.29. The van der Waals surface area contributed by atoms with E-state index in [1.807, 2.05) is 12.4 Å². The first kappa shape index (κ1) is 13.2. The van der Waals surface area contributed by atoms with Gasteiger partial charge in [0.25, 0.3) is 0 Å². The fraction of sp³-hybridized carbons (Fsp3) is 0.267. The van der Waals surface area contributed by atoms with Crippen LogP contribution in [0.2, 0.25) is 0 Å². The van der Waals surface area contributed by atoms with Crippen LogP contribution in [0, 0.1) is 0 Å². The molecule has 9 nitrogen and oxygen atoms in total. The molecule has 0 aromatic carbocycles. The molecule has 4 aromatic heterocycles. The van der Waals surface area contributed by atoms with Gasteiger partial charge in [0.05, 0.1) is 17.8 Å². The topological polar surface area (TPSA) is 134 Å². The monoisotopic (exact) mass is 321 g/mol. The summed E-state index contributed by atoms with van der Waals surface area (Å²) < 4.78 is 0. The van der Waals surface area contributed by atoms with Crippen LogP contribution < -0.4 is 11.1 Å². The molecule has 0 amide bonds. The van der Waals surface area contributed by atoms with Crippen LogP contribution in [0.15, 0.2) is 18.6 Å². The highest BCUT2D eigenvalue weighted by atomic mass is 15.2. The standard InChI is InChI=1S/C15H15N9/c16-15-21-13(11-6-19-24-14(11)22-15)20-8-1-2-9-7(3-8)4-17-12-10(9)5-18-23-12/h4-6,8H,1-3H2,(H,17,18,23)(H4,16,19,20,21,22,24). The highest BCUT2D eigenvalue weighted by molar-refractivity contribution is 5.87. The van der Waals surface area contributed by atoms with Crippen LogP contribution in [0.1, 0.15) is 17.5 Å². The lowest BCUT2D eigenvalue weighted by atomic mass is 9.88. The summed E-state index contributed by atoms with van der Waals surface area (Å²) in [6, 6.07) is 0.260. The van der Waals surface area contributed by atoms with Crippen molar-refractivity contribution in [2.75, 3.05) is 11.1 Å². The maximum absolute atomic E-state index is 5.79. The predicted molar refractivity (Wildman–Crippen MR) is 89.4 cm³/mol. The number of aryl methyl sites for hydroxylation is 1. The first-order valence-corrected chi connectivity index (χ1v) is 7.81. The molecule has 0 radical (unpaired) electrons. The molecule has 5 rings (SSSR count). The Balaban J connectivity index is 1.47. The van der Waals surface area contributed by atoms with E-state index < -0.39 is 0 Å². The van der Waals surface area contributed by atoms with Crippen molar-refractivity contribution in [3.05, 3.63) is 29.7 Å². The Hall–Kier alpha value is -3.23. The molecular weight excluding hydrogens is 306 g/mol. The zero-order valence-corrected chi connectivity index (χ0v) is 12.7. The number of nitrogens with one attached hydrogen (secondary N) is 3. The average Bonchev–Trinajstić information content (AvgIpc) is 3.23. The molecule has 5 N–H and O–H groups in total. The largest absolute Gasteiger partial charge is 0.368 e. The Labute approximate surface area is 136 Å². The summed E-state index contributed by atoms with van der Waals surface area (Å²) in [4.78, 5) is 12.9. The molecule has 24 heavy (non-hydrogen) atoms. The summed E-state index contributed by atoms with van der Waals surface area (Å²) in [5.41, 5.74) is 9.86. The SMILES string of the molecule is Nc1nc(NC2CCc3c(cnc4[nH]ncc34)C2)c2cn[nH]c2n1. The van der Waals surface area contributed by atoms with Crippen LogP contribution >= 0.6 is 0 Å². The summed E-state index contributed by atoms with van der Waals surface area (Å²) in [5, 5.41) is 19.3. The van der Waals surface area contributed by atoms with Gasteiger partial charge in [-0.25, -0.2) is 4.98 Å². The third kappa shape index (κ3) is 1.98. The van der Waals surface area contributed by atoms with Crippen LogP contribution in [0.25, 0.3) is 22.1 Å². The lowest BCUT2D eigenvalue weighted by molar-refractivity contribution is 0.611. The number of pyridine rings is 1. The quantitative estimate of drug-likeness (QED) is 0.435.